The highest BCUT2D eigenvalue weighted by atomic mass is 32.2. The lowest BCUT2D eigenvalue weighted by atomic mass is 9.81. The number of aromatic amines is 1. The maximum Gasteiger partial charge on any atom is 0.407 e. The Morgan fingerprint density at radius 1 is 0.962 bits per heavy atom. The molecule has 1 aliphatic rings. The summed E-state index contributed by atoms with van der Waals surface area (Å²) in [5.74, 6) is -0.193. The first-order valence-electron chi connectivity index (χ1n) is 17.6. The number of ether oxygens (including phenoxy) is 1. The van der Waals surface area contributed by atoms with Crippen molar-refractivity contribution < 1.29 is 27.5 Å². The highest BCUT2D eigenvalue weighted by molar-refractivity contribution is 7.89. The number of sulfonamides is 1. The second kappa shape index (κ2) is 16.7. The van der Waals surface area contributed by atoms with Crippen LogP contribution in [0.15, 0.2) is 71.6 Å². The van der Waals surface area contributed by atoms with E-state index in [9.17, 15) is 22.8 Å². The summed E-state index contributed by atoms with van der Waals surface area (Å²) in [4.78, 5) is 39.9. The van der Waals surface area contributed by atoms with Crippen LogP contribution in [-0.4, -0.2) is 83.5 Å². The summed E-state index contributed by atoms with van der Waals surface area (Å²) in [5.41, 5.74) is 3.99. The number of benzene rings is 3. The summed E-state index contributed by atoms with van der Waals surface area (Å²) < 4.78 is 31.9. The Bertz CT molecular complexity index is 2000. The number of alkyl carbamates (subject to hydrolysis) is 1. The summed E-state index contributed by atoms with van der Waals surface area (Å²) >= 11 is 0. The Labute approximate surface area is 310 Å². The Kier molecular flexibility index (Phi) is 12.3. The average molecular weight is 745 g/mol. The molecule has 3 amide bonds. The number of hydrogen-bond acceptors (Lipinski definition) is 9. The fraction of sp³-hybridized carbons (Fsp3) is 0.421. The number of nitrogens with one attached hydrogen (secondary N) is 4. The maximum absolute atomic E-state index is 13.9. The van der Waals surface area contributed by atoms with Gasteiger partial charge in [0.15, 0.2) is 0 Å². The Balaban J connectivity index is 1.30. The van der Waals surface area contributed by atoms with Crippen LogP contribution < -0.4 is 16.0 Å². The predicted molar refractivity (Wildman–Crippen MR) is 201 cm³/mol. The van der Waals surface area contributed by atoms with Gasteiger partial charge in [-0.1, -0.05) is 30.3 Å². The molecule has 0 unspecified atom stereocenters. The largest absolute Gasteiger partial charge is 0.444 e. The van der Waals surface area contributed by atoms with Gasteiger partial charge in [-0.05, 0) is 123 Å². The van der Waals surface area contributed by atoms with Gasteiger partial charge in [0.1, 0.15) is 11.6 Å². The average Bonchev–Trinajstić information content (AvgIpc) is 3.65. The Morgan fingerprint density at radius 2 is 1.68 bits per heavy atom. The number of hydrogen-bond donors (Lipinski definition) is 4. The van der Waals surface area contributed by atoms with Gasteiger partial charge in [0.2, 0.25) is 27.7 Å². The van der Waals surface area contributed by atoms with Crippen LogP contribution in [0.4, 0.5) is 10.5 Å². The van der Waals surface area contributed by atoms with E-state index in [1.54, 1.807) is 42.5 Å². The number of aryl methyl sites for hydroxylation is 1. The molecule has 1 atom stereocenters. The van der Waals surface area contributed by atoms with E-state index in [2.05, 4.69) is 36.6 Å². The first-order chi connectivity index (χ1) is 25.1. The summed E-state index contributed by atoms with van der Waals surface area (Å²) in [7, 11) is -0.599. The van der Waals surface area contributed by atoms with Crippen LogP contribution in [0.1, 0.15) is 57.6 Å². The summed E-state index contributed by atoms with van der Waals surface area (Å²) in [6.45, 7) is 7.79. The number of tetrazole rings is 1. The molecule has 0 radical (unpaired) electrons. The minimum absolute atomic E-state index is 0.194. The molecule has 3 aromatic carbocycles. The van der Waals surface area contributed by atoms with Crippen LogP contribution in [0.5, 0.6) is 0 Å². The second-order valence-electron chi connectivity index (χ2n) is 14.6. The molecule has 0 saturated heterocycles. The van der Waals surface area contributed by atoms with Gasteiger partial charge in [-0.3, -0.25) is 9.59 Å². The molecule has 14 nitrogen and oxygen atoms in total. The van der Waals surface area contributed by atoms with Gasteiger partial charge in [-0.15, -0.1) is 10.2 Å². The van der Waals surface area contributed by atoms with E-state index < -0.39 is 27.8 Å². The fourth-order valence-electron chi connectivity index (χ4n) is 6.32. The minimum atomic E-state index is -3.59. The Morgan fingerprint density at radius 3 is 2.30 bits per heavy atom. The second-order valence-corrected chi connectivity index (χ2v) is 16.8. The molecule has 0 bridgehead atoms. The number of H-pyrrole nitrogens is 1. The number of nitrogens with zero attached hydrogens (tertiary/aromatic N) is 4. The van der Waals surface area contributed by atoms with Crippen LogP contribution in [0.25, 0.3) is 22.5 Å². The first-order valence-corrected chi connectivity index (χ1v) is 19.1. The van der Waals surface area contributed by atoms with Crippen LogP contribution in [-0.2, 0) is 30.8 Å². The van der Waals surface area contributed by atoms with Crippen molar-refractivity contribution in [2.45, 2.75) is 76.3 Å². The number of amides is 3. The molecule has 0 aliphatic heterocycles. The van der Waals surface area contributed by atoms with Crippen molar-refractivity contribution in [3.05, 3.63) is 77.9 Å². The highest BCUT2D eigenvalue weighted by Gasteiger charge is 2.30. The normalized spacial score (nSPS) is 16.8. The third kappa shape index (κ3) is 10.5. The number of anilines is 1. The molecule has 53 heavy (non-hydrogen) atoms. The molecule has 15 heteroatoms. The fourth-order valence-corrected chi connectivity index (χ4v) is 7.31. The summed E-state index contributed by atoms with van der Waals surface area (Å²) in [6, 6.07) is 18.8. The highest BCUT2D eigenvalue weighted by Crippen LogP contribution is 2.30. The molecule has 0 spiro atoms. The van der Waals surface area contributed by atoms with E-state index >= 15 is 0 Å². The maximum atomic E-state index is 13.9. The molecule has 1 heterocycles. The molecular weight excluding hydrogens is 697 g/mol. The number of carbonyl (C=O) groups excluding carboxylic acids is 3. The Hall–Kier alpha value is -5.15. The molecule has 282 valence electrons. The third-order valence-electron chi connectivity index (χ3n) is 9.19. The van der Waals surface area contributed by atoms with Crippen LogP contribution in [0.2, 0.25) is 0 Å². The number of carbonyl (C=O) groups is 3. The molecular formula is C38H48N8O6S. The smallest absolute Gasteiger partial charge is 0.407 e. The standard InChI is InChI=1S/C38H48N8O6S/c1-24-20-31(53(50,51)46(5)6)18-19-32(24)29-9-7-8-26(21-29)22-33(36(48)40-30-16-14-27(15-17-30)34-42-44-45-43-34)41-35(47)28-12-10-25(11-13-28)23-39-37(49)52-38(2,3)4/h7-9,14-21,25,28,33H,10-13,22-23H2,1-6H3,(H,39,49)(H,40,48)(H,41,47)(H,42,43,44,45)/t25?,28?,33-/m0/s1. The monoisotopic (exact) mass is 744 g/mol. The molecule has 1 aliphatic carbocycles. The van der Waals surface area contributed by atoms with E-state index in [0.29, 0.717) is 30.9 Å². The summed E-state index contributed by atoms with van der Waals surface area (Å²) in [5, 5.41) is 22.8. The number of rotatable bonds is 12. The van der Waals surface area contributed by atoms with Crippen molar-refractivity contribution in [3.63, 3.8) is 0 Å². The lowest BCUT2D eigenvalue weighted by Gasteiger charge is -2.29. The molecule has 1 saturated carbocycles. The lowest BCUT2D eigenvalue weighted by molar-refractivity contribution is -0.130. The van der Waals surface area contributed by atoms with Crippen molar-refractivity contribution in [3.8, 4) is 22.5 Å². The van der Waals surface area contributed by atoms with Gasteiger partial charge in [0.05, 0.1) is 4.90 Å². The van der Waals surface area contributed by atoms with E-state index in [1.165, 1.54) is 18.4 Å². The number of aromatic nitrogens is 4. The van der Waals surface area contributed by atoms with Crippen LogP contribution >= 0.6 is 0 Å². The van der Waals surface area contributed by atoms with Gasteiger partial charge in [-0.25, -0.2) is 17.5 Å². The zero-order valence-corrected chi connectivity index (χ0v) is 31.8. The third-order valence-corrected chi connectivity index (χ3v) is 11.0. The molecule has 5 rings (SSSR count). The van der Waals surface area contributed by atoms with E-state index in [1.807, 2.05) is 52.0 Å². The van der Waals surface area contributed by atoms with E-state index in [0.717, 1.165) is 40.7 Å². The van der Waals surface area contributed by atoms with Crippen molar-refractivity contribution >= 4 is 33.6 Å². The quantitative estimate of drug-likeness (QED) is 0.153. The van der Waals surface area contributed by atoms with Gasteiger partial charge < -0.3 is 20.7 Å². The molecule has 1 aromatic heterocycles. The van der Waals surface area contributed by atoms with Gasteiger partial charge in [-0.2, -0.15) is 5.21 Å². The van der Waals surface area contributed by atoms with Crippen LogP contribution in [0, 0.1) is 18.8 Å². The summed E-state index contributed by atoms with van der Waals surface area (Å²) in [6.07, 6.45) is 2.54. The molecule has 4 N–H and O–H groups in total. The topological polar surface area (TPSA) is 188 Å². The zero-order valence-electron chi connectivity index (χ0n) is 31.0. The zero-order chi connectivity index (χ0) is 38.3. The van der Waals surface area contributed by atoms with Crippen molar-refractivity contribution in [2.75, 3.05) is 26.0 Å². The van der Waals surface area contributed by atoms with Crippen molar-refractivity contribution in [2.24, 2.45) is 11.8 Å². The minimum Gasteiger partial charge on any atom is -0.444 e. The lowest BCUT2D eigenvalue weighted by Crippen LogP contribution is -2.48. The van der Waals surface area contributed by atoms with Gasteiger partial charge in [0, 0.05) is 44.2 Å². The van der Waals surface area contributed by atoms with Gasteiger partial charge >= 0.3 is 6.09 Å². The van der Waals surface area contributed by atoms with E-state index in [4.69, 9.17) is 4.74 Å². The SMILES string of the molecule is Cc1cc(S(=O)(=O)N(C)C)ccc1-c1cccc(C[C@H](NC(=O)C2CCC(CNC(=O)OC(C)(C)C)CC2)C(=O)Nc2ccc(-c3nn[nH]n3)cc2)c1. The first kappa shape index (κ1) is 39.1. The molecule has 1 fully saturated rings. The van der Waals surface area contributed by atoms with Crippen molar-refractivity contribution in [1.29, 1.82) is 0 Å². The van der Waals surface area contributed by atoms with Crippen LogP contribution in [0.3, 0.4) is 0 Å². The molecule has 4 aromatic rings. The predicted octanol–water partition coefficient (Wildman–Crippen LogP) is 5.09. The van der Waals surface area contributed by atoms with E-state index in [-0.39, 0.29) is 35.0 Å². The van der Waals surface area contributed by atoms with Gasteiger partial charge in [0.25, 0.3) is 0 Å². The van der Waals surface area contributed by atoms with Crippen molar-refractivity contribution in [1.82, 2.24) is 35.6 Å².